The van der Waals surface area contributed by atoms with Gasteiger partial charge in [-0.3, -0.25) is 0 Å². The van der Waals surface area contributed by atoms with E-state index in [2.05, 4.69) is 43.4 Å². The van der Waals surface area contributed by atoms with Crippen LogP contribution in [0.1, 0.15) is 31.1 Å². The Labute approximate surface area is 155 Å². The van der Waals surface area contributed by atoms with Gasteiger partial charge in [-0.15, -0.1) is 0 Å². The van der Waals surface area contributed by atoms with Gasteiger partial charge < -0.3 is 14.8 Å². The van der Waals surface area contributed by atoms with Gasteiger partial charge in [-0.05, 0) is 49.7 Å². The number of hydrogen-bond acceptors (Lipinski definition) is 3. The predicted molar refractivity (Wildman–Crippen MR) is 107 cm³/mol. The fourth-order valence-corrected chi connectivity index (χ4v) is 2.89. The first kappa shape index (κ1) is 18.0. The van der Waals surface area contributed by atoms with E-state index >= 15 is 0 Å². The van der Waals surface area contributed by atoms with Crippen molar-refractivity contribution in [3.8, 4) is 11.5 Å². The number of para-hydroxylation sites is 2. The Balaban J connectivity index is 1.87. The molecule has 0 aliphatic rings. The largest absolute Gasteiger partial charge is 0.457 e. The van der Waals surface area contributed by atoms with Gasteiger partial charge in [0.05, 0.1) is 6.10 Å². The Morgan fingerprint density at radius 1 is 0.731 bits per heavy atom. The van der Waals surface area contributed by atoms with Crippen LogP contribution in [0.4, 0.5) is 5.69 Å². The van der Waals surface area contributed by atoms with Gasteiger partial charge in [-0.1, -0.05) is 48.5 Å². The Hall–Kier alpha value is -2.78. The maximum absolute atomic E-state index is 6.24. The molecule has 0 heterocycles. The lowest BCUT2D eigenvalue weighted by atomic mass is 9.99. The van der Waals surface area contributed by atoms with Gasteiger partial charge in [0.2, 0.25) is 0 Å². The third-order valence-corrected chi connectivity index (χ3v) is 4.08. The van der Waals surface area contributed by atoms with Crippen LogP contribution < -0.4 is 10.1 Å². The quantitative estimate of drug-likeness (QED) is 0.565. The molecule has 0 aromatic heterocycles. The first-order chi connectivity index (χ1) is 12.7. The summed E-state index contributed by atoms with van der Waals surface area (Å²) in [7, 11) is 1.93. The molecule has 0 fully saturated rings. The normalized spacial score (nSPS) is 12.0. The summed E-state index contributed by atoms with van der Waals surface area (Å²) in [4.78, 5) is 0. The summed E-state index contributed by atoms with van der Waals surface area (Å²) >= 11 is 0. The van der Waals surface area contributed by atoms with Gasteiger partial charge in [0.15, 0.2) is 0 Å². The maximum Gasteiger partial charge on any atom is 0.127 e. The fraction of sp³-hybridized carbons (Fsp3) is 0.217. The van der Waals surface area contributed by atoms with Gasteiger partial charge >= 0.3 is 0 Å². The third-order valence-electron chi connectivity index (χ3n) is 4.08. The van der Waals surface area contributed by atoms with Gasteiger partial charge in [0.25, 0.3) is 0 Å². The highest BCUT2D eigenvalue weighted by Crippen LogP contribution is 2.33. The topological polar surface area (TPSA) is 30.5 Å². The minimum Gasteiger partial charge on any atom is -0.457 e. The number of rotatable bonds is 7. The summed E-state index contributed by atoms with van der Waals surface area (Å²) in [6.45, 7) is 4.11. The molecule has 0 aliphatic carbocycles. The van der Waals surface area contributed by atoms with Gasteiger partial charge in [0, 0.05) is 18.3 Å². The first-order valence-electron chi connectivity index (χ1n) is 8.92. The van der Waals surface area contributed by atoms with Gasteiger partial charge in [-0.2, -0.15) is 0 Å². The molecule has 26 heavy (non-hydrogen) atoms. The minimum atomic E-state index is -0.135. The van der Waals surface area contributed by atoms with Crippen molar-refractivity contribution in [1.29, 1.82) is 0 Å². The molecule has 0 unspecified atom stereocenters. The summed E-state index contributed by atoms with van der Waals surface area (Å²) < 4.78 is 12.1. The van der Waals surface area contributed by atoms with Gasteiger partial charge in [-0.25, -0.2) is 0 Å². The van der Waals surface area contributed by atoms with Crippen LogP contribution in [-0.2, 0) is 4.74 Å². The molecule has 3 aromatic carbocycles. The summed E-state index contributed by atoms with van der Waals surface area (Å²) in [5.41, 5.74) is 3.30. The minimum absolute atomic E-state index is 0.116. The molecule has 0 saturated carbocycles. The second-order valence-electron chi connectivity index (χ2n) is 6.39. The van der Waals surface area contributed by atoms with Gasteiger partial charge in [0.1, 0.15) is 17.6 Å². The second-order valence-corrected chi connectivity index (χ2v) is 6.39. The average Bonchev–Trinajstić information content (AvgIpc) is 2.67. The molecular formula is C23H25NO2. The fourth-order valence-electron chi connectivity index (χ4n) is 2.89. The molecule has 3 nitrogen and oxygen atoms in total. The highest BCUT2D eigenvalue weighted by molar-refractivity contribution is 5.54. The lowest BCUT2D eigenvalue weighted by molar-refractivity contribution is 0.0307. The zero-order valence-electron chi connectivity index (χ0n) is 15.5. The molecule has 0 amide bonds. The molecule has 0 aliphatic heterocycles. The summed E-state index contributed by atoms with van der Waals surface area (Å²) in [6, 6.07) is 26.1. The molecule has 1 atom stereocenters. The van der Waals surface area contributed by atoms with E-state index in [0.717, 1.165) is 28.3 Å². The zero-order valence-corrected chi connectivity index (χ0v) is 15.5. The highest BCUT2D eigenvalue weighted by atomic mass is 16.5. The number of nitrogens with one attached hydrogen (secondary N) is 1. The highest BCUT2D eigenvalue weighted by Gasteiger charge is 2.19. The maximum atomic E-state index is 6.24. The van der Waals surface area contributed by atoms with Crippen molar-refractivity contribution in [2.24, 2.45) is 0 Å². The summed E-state index contributed by atoms with van der Waals surface area (Å²) in [5.74, 6) is 1.64. The molecular weight excluding hydrogens is 322 g/mol. The first-order valence-corrected chi connectivity index (χ1v) is 8.92. The van der Waals surface area contributed by atoms with Crippen molar-refractivity contribution in [2.45, 2.75) is 26.1 Å². The molecule has 3 aromatic rings. The van der Waals surface area contributed by atoms with E-state index in [-0.39, 0.29) is 12.2 Å². The van der Waals surface area contributed by atoms with Crippen LogP contribution in [0.25, 0.3) is 0 Å². The Morgan fingerprint density at radius 2 is 1.35 bits per heavy atom. The van der Waals surface area contributed by atoms with Crippen molar-refractivity contribution in [2.75, 3.05) is 12.4 Å². The van der Waals surface area contributed by atoms with E-state index in [1.54, 1.807) is 0 Å². The van der Waals surface area contributed by atoms with E-state index < -0.39 is 0 Å². The lowest BCUT2D eigenvalue weighted by Crippen LogP contribution is -2.13. The average molecular weight is 347 g/mol. The summed E-state index contributed by atoms with van der Waals surface area (Å²) in [6.07, 6.45) is -0.0189. The van der Waals surface area contributed by atoms with E-state index in [4.69, 9.17) is 9.47 Å². The lowest BCUT2D eigenvalue weighted by Gasteiger charge is -2.24. The van der Waals surface area contributed by atoms with Crippen molar-refractivity contribution in [1.82, 2.24) is 0 Å². The van der Waals surface area contributed by atoms with E-state index in [1.807, 2.05) is 61.6 Å². The third kappa shape index (κ3) is 4.44. The predicted octanol–water partition coefficient (Wildman–Crippen LogP) is 6.04. The van der Waals surface area contributed by atoms with E-state index in [9.17, 15) is 0 Å². The number of benzene rings is 3. The summed E-state index contributed by atoms with van der Waals surface area (Å²) in [5, 5.41) is 3.26. The molecule has 1 N–H and O–H groups in total. The van der Waals surface area contributed by atoms with Crippen LogP contribution in [0.15, 0.2) is 78.9 Å². The molecule has 0 saturated heterocycles. The van der Waals surface area contributed by atoms with Crippen molar-refractivity contribution < 1.29 is 9.47 Å². The standard InChI is InChI=1S/C23H25NO2/c1-17(2)25-23(21-11-7-8-12-22(21)24-3)18-13-15-20(16-14-18)26-19-9-5-4-6-10-19/h4-17,23-24H,1-3H3/t23-/m0/s1. The second kappa shape index (κ2) is 8.54. The van der Waals surface area contributed by atoms with Crippen molar-refractivity contribution >= 4 is 5.69 Å². The van der Waals surface area contributed by atoms with Crippen LogP contribution >= 0.6 is 0 Å². The van der Waals surface area contributed by atoms with Crippen molar-refractivity contribution in [3.63, 3.8) is 0 Å². The zero-order chi connectivity index (χ0) is 18.4. The Bertz CT molecular complexity index is 813. The Morgan fingerprint density at radius 3 is 2.00 bits per heavy atom. The van der Waals surface area contributed by atoms with Crippen LogP contribution in [0.5, 0.6) is 11.5 Å². The number of hydrogen-bond donors (Lipinski definition) is 1. The Kier molecular flexibility index (Phi) is 5.92. The molecule has 0 radical (unpaired) electrons. The SMILES string of the molecule is CNc1ccccc1[C@@H](OC(C)C)c1ccc(Oc2ccccc2)cc1. The van der Waals surface area contributed by atoms with E-state index in [0.29, 0.717) is 0 Å². The smallest absolute Gasteiger partial charge is 0.127 e. The van der Waals surface area contributed by atoms with Crippen LogP contribution in [0.2, 0.25) is 0 Å². The number of ether oxygens (including phenoxy) is 2. The van der Waals surface area contributed by atoms with Crippen LogP contribution in [0.3, 0.4) is 0 Å². The molecule has 3 rings (SSSR count). The molecule has 3 heteroatoms. The van der Waals surface area contributed by atoms with E-state index in [1.165, 1.54) is 0 Å². The monoisotopic (exact) mass is 347 g/mol. The van der Waals surface area contributed by atoms with Crippen LogP contribution in [-0.4, -0.2) is 13.2 Å². The molecule has 0 spiro atoms. The van der Waals surface area contributed by atoms with Crippen LogP contribution in [0, 0.1) is 0 Å². The molecule has 134 valence electrons. The number of anilines is 1. The van der Waals surface area contributed by atoms with Crippen molar-refractivity contribution in [3.05, 3.63) is 90.0 Å². The molecule has 0 bridgehead atoms.